The molecule has 0 radical (unpaired) electrons. The Morgan fingerprint density at radius 2 is 2.17 bits per heavy atom. The zero-order valence-corrected chi connectivity index (χ0v) is 11.2. The van der Waals surface area contributed by atoms with Gasteiger partial charge in [0.25, 0.3) is 0 Å². The maximum absolute atomic E-state index is 11.7. The average Bonchev–Trinajstić information content (AvgIpc) is 2.79. The van der Waals surface area contributed by atoms with Crippen molar-refractivity contribution in [3.05, 3.63) is 34.3 Å². The van der Waals surface area contributed by atoms with E-state index in [0.717, 1.165) is 10.0 Å². The Morgan fingerprint density at radius 1 is 1.44 bits per heavy atom. The molecule has 0 unspecified atom stereocenters. The van der Waals surface area contributed by atoms with Crippen LogP contribution in [0.5, 0.6) is 6.01 Å². The van der Waals surface area contributed by atoms with Crippen LogP contribution in [-0.2, 0) is 11.2 Å². The van der Waals surface area contributed by atoms with E-state index in [0.29, 0.717) is 0 Å². The molecule has 18 heavy (non-hydrogen) atoms. The number of methoxy groups -OCH3 is 1. The molecule has 2 N–H and O–H groups in total. The summed E-state index contributed by atoms with van der Waals surface area (Å²) in [6.07, 6.45) is 0.274. The van der Waals surface area contributed by atoms with Gasteiger partial charge in [-0.3, -0.25) is 10.1 Å². The van der Waals surface area contributed by atoms with E-state index < -0.39 is 0 Å². The van der Waals surface area contributed by atoms with Gasteiger partial charge in [0.1, 0.15) is 0 Å². The van der Waals surface area contributed by atoms with E-state index in [2.05, 4.69) is 36.4 Å². The Morgan fingerprint density at radius 3 is 2.78 bits per heavy atom. The molecular formula is C11H11BrN4O2. The highest BCUT2D eigenvalue weighted by molar-refractivity contribution is 9.10. The summed E-state index contributed by atoms with van der Waals surface area (Å²) in [5.41, 5.74) is 0.919. The number of halogens is 1. The fourth-order valence-electron chi connectivity index (χ4n) is 1.36. The molecule has 94 valence electrons. The van der Waals surface area contributed by atoms with E-state index in [4.69, 9.17) is 4.74 Å². The van der Waals surface area contributed by atoms with E-state index >= 15 is 0 Å². The quantitative estimate of drug-likeness (QED) is 0.901. The first kappa shape index (κ1) is 12.6. The number of nitrogens with one attached hydrogen (secondary N) is 2. The number of carbonyl (C=O) groups excluding carboxylic acids is 1. The number of carbonyl (C=O) groups is 1. The number of hydrogen-bond donors (Lipinski definition) is 2. The Bertz CT molecular complexity index is 538. The van der Waals surface area contributed by atoms with Gasteiger partial charge in [0.05, 0.1) is 13.5 Å². The molecule has 1 heterocycles. The zero-order chi connectivity index (χ0) is 13.0. The van der Waals surface area contributed by atoms with Crippen LogP contribution < -0.4 is 10.1 Å². The first-order valence-corrected chi connectivity index (χ1v) is 5.97. The number of H-pyrrole nitrogens is 1. The van der Waals surface area contributed by atoms with Gasteiger partial charge in [-0.05, 0) is 17.7 Å². The molecule has 1 amide bonds. The molecule has 0 spiro atoms. The van der Waals surface area contributed by atoms with Crippen molar-refractivity contribution in [2.45, 2.75) is 6.42 Å². The highest BCUT2D eigenvalue weighted by Gasteiger charge is 2.08. The van der Waals surface area contributed by atoms with Crippen molar-refractivity contribution in [2.24, 2.45) is 0 Å². The minimum Gasteiger partial charge on any atom is -0.466 e. The van der Waals surface area contributed by atoms with Crippen LogP contribution >= 0.6 is 15.9 Å². The molecule has 0 atom stereocenters. The largest absolute Gasteiger partial charge is 0.466 e. The molecule has 1 aromatic heterocycles. The maximum atomic E-state index is 11.7. The van der Waals surface area contributed by atoms with Crippen molar-refractivity contribution in [3.8, 4) is 6.01 Å². The van der Waals surface area contributed by atoms with Gasteiger partial charge in [0, 0.05) is 4.47 Å². The van der Waals surface area contributed by atoms with Gasteiger partial charge in [-0.1, -0.05) is 28.1 Å². The predicted molar refractivity (Wildman–Crippen MR) is 69.4 cm³/mol. The summed E-state index contributed by atoms with van der Waals surface area (Å²) in [5, 5.41) is 8.88. The molecule has 0 aliphatic carbocycles. The number of aromatic nitrogens is 3. The second kappa shape index (κ2) is 5.63. The Kier molecular flexibility index (Phi) is 3.93. The van der Waals surface area contributed by atoms with Crippen LogP contribution in [0.15, 0.2) is 28.7 Å². The van der Waals surface area contributed by atoms with Crippen LogP contribution in [0.3, 0.4) is 0 Å². The summed E-state index contributed by atoms with van der Waals surface area (Å²) in [5.74, 6) is 0.102. The number of amides is 1. The van der Waals surface area contributed by atoms with Gasteiger partial charge in [0.15, 0.2) is 0 Å². The van der Waals surface area contributed by atoms with E-state index in [-0.39, 0.29) is 24.3 Å². The molecule has 0 bridgehead atoms. The average molecular weight is 311 g/mol. The number of hydrogen-bond acceptors (Lipinski definition) is 4. The Hall–Kier alpha value is -1.89. The summed E-state index contributed by atoms with van der Waals surface area (Å²) in [6, 6.07) is 7.73. The molecule has 0 fully saturated rings. The lowest BCUT2D eigenvalue weighted by molar-refractivity contribution is -0.115. The van der Waals surface area contributed by atoms with Gasteiger partial charge in [-0.25, -0.2) is 5.10 Å². The van der Waals surface area contributed by atoms with Crippen molar-refractivity contribution in [1.82, 2.24) is 15.2 Å². The summed E-state index contributed by atoms with van der Waals surface area (Å²) in [7, 11) is 1.45. The lowest BCUT2D eigenvalue weighted by Gasteiger charge is -2.01. The molecule has 0 saturated carbocycles. The lowest BCUT2D eigenvalue weighted by atomic mass is 10.1. The Labute approximate surface area is 112 Å². The molecule has 7 heteroatoms. The highest BCUT2D eigenvalue weighted by atomic mass is 79.9. The molecule has 2 aromatic rings. The minimum atomic E-state index is -0.170. The molecule has 1 aromatic carbocycles. The van der Waals surface area contributed by atoms with Gasteiger partial charge < -0.3 is 4.74 Å². The molecule has 0 aliphatic rings. The third-order valence-corrected chi connectivity index (χ3v) is 2.71. The van der Waals surface area contributed by atoms with E-state index in [1.54, 1.807) is 0 Å². The summed E-state index contributed by atoms with van der Waals surface area (Å²) in [6.45, 7) is 0. The molecule has 0 saturated heterocycles. The zero-order valence-electron chi connectivity index (χ0n) is 9.61. The predicted octanol–water partition coefficient (Wildman–Crippen LogP) is 1.76. The van der Waals surface area contributed by atoms with Crippen LogP contribution in [0, 0.1) is 0 Å². The number of nitrogens with zero attached hydrogens (tertiary/aromatic N) is 2. The van der Waals surface area contributed by atoms with E-state index in [1.165, 1.54) is 7.11 Å². The standard InChI is InChI=1S/C11H11BrN4O2/c1-18-11-14-10(15-16-11)13-9(17)6-7-2-4-8(12)5-3-7/h2-5H,6H2,1H3,(H2,13,14,15,16,17). The number of anilines is 1. The van der Waals surface area contributed by atoms with Crippen LogP contribution in [0.4, 0.5) is 5.95 Å². The van der Waals surface area contributed by atoms with Gasteiger partial charge in [0.2, 0.25) is 11.9 Å². The smallest absolute Gasteiger partial charge is 0.336 e. The van der Waals surface area contributed by atoms with Crippen LogP contribution in [0.25, 0.3) is 0 Å². The summed E-state index contributed by atoms with van der Waals surface area (Å²) >= 11 is 3.34. The highest BCUT2D eigenvalue weighted by Crippen LogP contribution is 2.11. The van der Waals surface area contributed by atoms with E-state index in [9.17, 15) is 4.79 Å². The molecule has 6 nitrogen and oxygen atoms in total. The fourth-order valence-corrected chi connectivity index (χ4v) is 1.62. The monoisotopic (exact) mass is 310 g/mol. The SMILES string of the molecule is COc1n[nH]c(NC(=O)Cc2ccc(Br)cc2)n1. The van der Waals surface area contributed by atoms with Crippen LogP contribution in [0.1, 0.15) is 5.56 Å². The van der Waals surface area contributed by atoms with E-state index in [1.807, 2.05) is 24.3 Å². The Balaban J connectivity index is 1.94. The van der Waals surface area contributed by atoms with Gasteiger partial charge >= 0.3 is 6.01 Å². The molecule has 2 rings (SSSR count). The first-order chi connectivity index (χ1) is 8.67. The van der Waals surface area contributed by atoms with Gasteiger partial charge in [-0.15, -0.1) is 5.10 Å². The minimum absolute atomic E-state index is 0.170. The second-order valence-electron chi connectivity index (χ2n) is 3.52. The lowest BCUT2D eigenvalue weighted by Crippen LogP contribution is -2.15. The number of benzene rings is 1. The van der Waals surface area contributed by atoms with Crippen LogP contribution in [-0.4, -0.2) is 28.2 Å². The third kappa shape index (κ3) is 3.30. The van der Waals surface area contributed by atoms with Crippen molar-refractivity contribution in [2.75, 3.05) is 12.4 Å². The molecule has 0 aliphatic heterocycles. The van der Waals surface area contributed by atoms with Crippen molar-refractivity contribution < 1.29 is 9.53 Å². The number of aromatic amines is 1. The van der Waals surface area contributed by atoms with Crippen molar-refractivity contribution in [3.63, 3.8) is 0 Å². The number of rotatable bonds is 4. The summed E-state index contributed by atoms with van der Waals surface area (Å²) in [4.78, 5) is 15.6. The molecular weight excluding hydrogens is 300 g/mol. The fraction of sp³-hybridized carbons (Fsp3) is 0.182. The van der Waals surface area contributed by atoms with Crippen molar-refractivity contribution >= 4 is 27.8 Å². The topological polar surface area (TPSA) is 79.9 Å². The van der Waals surface area contributed by atoms with Crippen LogP contribution in [0.2, 0.25) is 0 Å². The normalized spacial score (nSPS) is 10.1. The number of ether oxygens (including phenoxy) is 1. The second-order valence-corrected chi connectivity index (χ2v) is 4.44. The maximum Gasteiger partial charge on any atom is 0.336 e. The first-order valence-electron chi connectivity index (χ1n) is 5.18. The van der Waals surface area contributed by atoms with Crippen molar-refractivity contribution in [1.29, 1.82) is 0 Å². The summed E-state index contributed by atoms with van der Waals surface area (Å²) < 4.78 is 5.78. The van der Waals surface area contributed by atoms with Gasteiger partial charge in [-0.2, -0.15) is 4.98 Å². The third-order valence-electron chi connectivity index (χ3n) is 2.18.